The van der Waals surface area contributed by atoms with Gasteiger partial charge in [-0.2, -0.15) is 26.4 Å². The molecule has 0 radical (unpaired) electrons. The quantitative estimate of drug-likeness (QED) is 0.574. The van der Waals surface area contributed by atoms with Crippen molar-refractivity contribution < 1.29 is 0 Å². The zero-order valence-electron chi connectivity index (χ0n) is 13.5. The number of fused-ring (bicyclic) bond motifs is 1. The van der Waals surface area contributed by atoms with Crippen LogP contribution in [-0.4, -0.2) is 35.3 Å². The first-order chi connectivity index (χ1) is 12.3. The molecule has 0 bridgehead atoms. The van der Waals surface area contributed by atoms with Crippen LogP contribution in [0, 0.1) is 0 Å². The third kappa shape index (κ3) is 2.62. The molecule has 0 spiro atoms. The Labute approximate surface area is 147 Å². The molecule has 9 heteroatoms. The molecule has 0 aliphatic heterocycles. The van der Waals surface area contributed by atoms with E-state index in [1.54, 1.807) is 28.5 Å². The van der Waals surface area contributed by atoms with Crippen molar-refractivity contribution in [1.82, 2.24) is 29.3 Å². The van der Waals surface area contributed by atoms with Gasteiger partial charge in [-0.15, -0.1) is 0 Å². The molecule has 4 heterocycles. The smallest absolute Gasteiger partial charge is 0.232 e. The van der Waals surface area contributed by atoms with Gasteiger partial charge >= 0.3 is 0 Å². The third-order valence-electron chi connectivity index (χ3n) is 4.16. The van der Waals surface area contributed by atoms with Gasteiger partial charge in [0, 0.05) is 24.5 Å². The SMILES string of the molecule is Cn1nccc1Nc1nc(NC2CC2)c2ncn(-c3ccsc3)c2n1. The van der Waals surface area contributed by atoms with Crippen LogP contribution in [0.15, 0.2) is 35.4 Å². The Morgan fingerprint density at radius 1 is 1.24 bits per heavy atom. The molecule has 8 nitrogen and oxygen atoms in total. The van der Waals surface area contributed by atoms with Crippen molar-refractivity contribution in [3.05, 3.63) is 35.4 Å². The molecule has 4 aromatic heterocycles. The Balaban J connectivity index is 1.64. The summed E-state index contributed by atoms with van der Waals surface area (Å²) in [5.74, 6) is 2.13. The fourth-order valence-corrected chi connectivity index (χ4v) is 3.30. The standard InChI is InChI=1S/C16H16N8S/c1-23-12(4-6-18-23)20-16-21-14(19-10-2-3-10)13-15(22-16)24(9-17-13)11-5-7-25-8-11/h4-10H,2-3H2,1H3,(H2,19,20,21,22). The number of imidazole rings is 1. The Hall–Kier alpha value is -2.94. The van der Waals surface area contributed by atoms with Crippen LogP contribution in [0.4, 0.5) is 17.6 Å². The molecule has 1 aliphatic carbocycles. The molecule has 25 heavy (non-hydrogen) atoms. The highest BCUT2D eigenvalue weighted by Crippen LogP contribution is 2.30. The van der Waals surface area contributed by atoms with E-state index < -0.39 is 0 Å². The van der Waals surface area contributed by atoms with E-state index in [4.69, 9.17) is 4.98 Å². The van der Waals surface area contributed by atoms with E-state index >= 15 is 0 Å². The zero-order valence-corrected chi connectivity index (χ0v) is 14.4. The molecule has 0 atom stereocenters. The lowest BCUT2D eigenvalue weighted by Crippen LogP contribution is -2.09. The van der Waals surface area contributed by atoms with E-state index in [-0.39, 0.29) is 0 Å². The number of hydrogen-bond donors (Lipinski definition) is 2. The van der Waals surface area contributed by atoms with Gasteiger partial charge in [-0.05, 0) is 24.3 Å². The summed E-state index contributed by atoms with van der Waals surface area (Å²) in [6.45, 7) is 0. The van der Waals surface area contributed by atoms with Gasteiger partial charge in [0.15, 0.2) is 17.0 Å². The zero-order chi connectivity index (χ0) is 16.8. The molecule has 5 rings (SSSR count). The van der Waals surface area contributed by atoms with Gasteiger partial charge in [0.25, 0.3) is 0 Å². The maximum atomic E-state index is 4.70. The van der Waals surface area contributed by atoms with Crippen LogP contribution < -0.4 is 10.6 Å². The van der Waals surface area contributed by atoms with E-state index in [1.165, 1.54) is 12.8 Å². The minimum absolute atomic E-state index is 0.481. The number of aryl methyl sites for hydroxylation is 1. The minimum Gasteiger partial charge on any atom is -0.365 e. The lowest BCUT2D eigenvalue weighted by Gasteiger charge is -2.10. The first kappa shape index (κ1) is 14.4. The Kier molecular flexibility index (Phi) is 3.20. The predicted molar refractivity (Wildman–Crippen MR) is 97.7 cm³/mol. The van der Waals surface area contributed by atoms with Gasteiger partial charge in [0.2, 0.25) is 5.95 Å². The Morgan fingerprint density at radius 2 is 2.16 bits per heavy atom. The van der Waals surface area contributed by atoms with Gasteiger partial charge < -0.3 is 10.6 Å². The van der Waals surface area contributed by atoms with Crippen molar-refractivity contribution in [2.24, 2.45) is 7.05 Å². The van der Waals surface area contributed by atoms with Crippen molar-refractivity contribution in [3.63, 3.8) is 0 Å². The largest absolute Gasteiger partial charge is 0.365 e. The summed E-state index contributed by atoms with van der Waals surface area (Å²) in [5, 5.41) is 15.0. The monoisotopic (exact) mass is 352 g/mol. The fourth-order valence-electron chi connectivity index (χ4n) is 2.67. The van der Waals surface area contributed by atoms with Crippen LogP contribution in [0.5, 0.6) is 0 Å². The average molecular weight is 352 g/mol. The number of nitrogens with zero attached hydrogens (tertiary/aromatic N) is 6. The second kappa shape index (κ2) is 5.55. The molecule has 1 saturated carbocycles. The second-order valence-corrected chi connectivity index (χ2v) is 6.83. The Bertz CT molecular complexity index is 1030. The van der Waals surface area contributed by atoms with E-state index in [1.807, 2.05) is 23.1 Å². The fraction of sp³-hybridized carbons (Fsp3) is 0.250. The van der Waals surface area contributed by atoms with Crippen LogP contribution in [-0.2, 0) is 7.05 Å². The topological polar surface area (TPSA) is 85.5 Å². The highest BCUT2D eigenvalue weighted by molar-refractivity contribution is 7.08. The summed E-state index contributed by atoms with van der Waals surface area (Å²) in [7, 11) is 1.87. The molecular formula is C16H16N8S. The molecule has 0 saturated heterocycles. The molecule has 0 unspecified atom stereocenters. The molecule has 1 fully saturated rings. The van der Waals surface area contributed by atoms with Crippen molar-refractivity contribution in [2.45, 2.75) is 18.9 Å². The molecule has 126 valence electrons. The lowest BCUT2D eigenvalue weighted by atomic mass is 10.4. The normalized spacial score (nSPS) is 14.1. The lowest BCUT2D eigenvalue weighted by molar-refractivity contribution is 0.775. The Morgan fingerprint density at radius 3 is 2.88 bits per heavy atom. The first-order valence-corrected chi connectivity index (χ1v) is 9.01. The highest BCUT2D eigenvalue weighted by atomic mass is 32.1. The van der Waals surface area contributed by atoms with Gasteiger partial charge in [0.05, 0.1) is 11.9 Å². The van der Waals surface area contributed by atoms with E-state index in [0.29, 0.717) is 12.0 Å². The van der Waals surface area contributed by atoms with Gasteiger partial charge in [0.1, 0.15) is 12.1 Å². The summed E-state index contributed by atoms with van der Waals surface area (Å²) in [4.78, 5) is 13.9. The molecule has 2 N–H and O–H groups in total. The molecule has 0 amide bonds. The predicted octanol–water partition coefficient (Wildman–Crippen LogP) is 2.93. The number of nitrogens with one attached hydrogen (secondary N) is 2. The first-order valence-electron chi connectivity index (χ1n) is 8.07. The van der Waals surface area contributed by atoms with Crippen molar-refractivity contribution in [1.29, 1.82) is 0 Å². The molecule has 1 aliphatic rings. The second-order valence-electron chi connectivity index (χ2n) is 6.05. The van der Waals surface area contributed by atoms with Crippen LogP contribution in [0.25, 0.3) is 16.9 Å². The number of thiophene rings is 1. The number of aromatic nitrogens is 6. The maximum absolute atomic E-state index is 4.70. The van der Waals surface area contributed by atoms with E-state index in [2.05, 4.69) is 37.1 Å². The maximum Gasteiger partial charge on any atom is 0.232 e. The summed E-state index contributed by atoms with van der Waals surface area (Å²) in [6, 6.07) is 4.42. The summed E-state index contributed by atoms with van der Waals surface area (Å²) < 4.78 is 3.73. The van der Waals surface area contributed by atoms with E-state index in [9.17, 15) is 0 Å². The van der Waals surface area contributed by atoms with Gasteiger partial charge in [-0.3, -0.25) is 9.25 Å². The summed E-state index contributed by atoms with van der Waals surface area (Å²) in [6.07, 6.45) is 5.87. The van der Waals surface area contributed by atoms with Crippen LogP contribution >= 0.6 is 11.3 Å². The number of hydrogen-bond acceptors (Lipinski definition) is 7. The minimum atomic E-state index is 0.481. The van der Waals surface area contributed by atoms with Crippen LogP contribution in [0.3, 0.4) is 0 Å². The van der Waals surface area contributed by atoms with Crippen molar-refractivity contribution >= 4 is 40.1 Å². The van der Waals surface area contributed by atoms with Gasteiger partial charge in [-0.25, -0.2) is 4.98 Å². The van der Waals surface area contributed by atoms with Crippen LogP contribution in [0.2, 0.25) is 0 Å². The molecule has 4 aromatic rings. The third-order valence-corrected chi connectivity index (χ3v) is 4.83. The summed E-state index contributed by atoms with van der Waals surface area (Å²) in [5.41, 5.74) is 2.62. The average Bonchev–Trinajstić information content (AvgIpc) is 3.01. The van der Waals surface area contributed by atoms with Gasteiger partial charge in [-0.1, -0.05) is 0 Å². The van der Waals surface area contributed by atoms with E-state index in [0.717, 1.165) is 28.5 Å². The van der Waals surface area contributed by atoms with Crippen LogP contribution in [0.1, 0.15) is 12.8 Å². The highest BCUT2D eigenvalue weighted by Gasteiger charge is 2.24. The van der Waals surface area contributed by atoms with Crippen molar-refractivity contribution in [2.75, 3.05) is 10.6 Å². The molecule has 0 aromatic carbocycles. The number of rotatable bonds is 5. The molecular weight excluding hydrogens is 336 g/mol. The number of anilines is 3. The van der Waals surface area contributed by atoms with Crippen molar-refractivity contribution in [3.8, 4) is 5.69 Å². The summed E-state index contributed by atoms with van der Waals surface area (Å²) >= 11 is 1.65.